The Kier molecular flexibility index (Phi) is 4.90. The number of thiazole rings is 1. The molecule has 1 amide bonds. The molecule has 26 heavy (non-hydrogen) atoms. The number of carbonyl (C=O) groups excluding carboxylic acids is 1. The lowest BCUT2D eigenvalue weighted by Crippen LogP contribution is -2.15. The van der Waals surface area contributed by atoms with E-state index in [2.05, 4.69) is 15.3 Å². The zero-order valence-corrected chi connectivity index (χ0v) is 13.9. The summed E-state index contributed by atoms with van der Waals surface area (Å²) in [5.41, 5.74) is 0.280. The number of nitrogens with zero attached hydrogens (tertiary/aromatic N) is 2. The van der Waals surface area contributed by atoms with Crippen LogP contribution in [-0.2, 0) is 17.4 Å². The predicted octanol–water partition coefficient (Wildman–Crippen LogP) is 4.11. The van der Waals surface area contributed by atoms with Gasteiger partial charge in [-0.15, -0.1) is 11.3 Å². The maximum atomic E-state index is 12.6. The Labute approximate surface area is 150 Å². The largest absolute Gasteiger partial charge is 0.504 e. The van der Waals surface area contributed by atoms with Crippen molar-refractivity contribution in [3.8, 4) is 16.3 Å². The molecule has 0 atom stereocenters. The Bertz CT molecular complexity index is 924. The molecule has 0 fully saturated rings. The minimum atomic E-state index is -4.39. The number of pyridine rings is 1. The number of nitrogens with one attached hydrogen (secondary N) is 1. The number of alkyl halides is 3. The van der Waals surface area contributed by atoms with E-state index in [1.165, 1.54) is 41.8 Å². The monoisotopic (exact) mass is 379 g/mol. The van der Waals surface area contributed by atoms with Crippen molar-refractivity contribution in [3.05, 3.63) is 59.2 Å². The van der Waals surface area contributed by atoms with Crippen LogP contribution in [0, 0.1) is 0 Å². The summed E-state index contributed by atoms with van der Waals surface area (Å²) < 4.78 is 37.8. The number of aromatic hydroxyl groups is 1. The first-order chi connectivity index (χ1) is 12.3. The van der Waals surface area contributed by atoms with Gasteiger partial charge in [0, 0.05) is 17.1 Å². The van der Waals surface area contributed by atoms with Gasteiger partial charge in [-0.3, -0.25) is 4.79 Å². The van der Waals surface area contributed by atoms with E-state index in [9.17, 15) is 23.1 Å². The SMILES string of the molecule is O=C(Cc1csc(-c2ccc(C(F)(F)F)cc2)n1)Nc1ncccc1O. The lowest BCUT2D eigenvalue weighted by atomic mass is 10.1. The number of hydrogen-bond acceptors (Lipinski definition) is 5. The summed E-state index contributed by atoms with van der Waals surface area (Å²) in [4.78, 5) is 20.1. The molecule has 5 nitrogen and oxygen atoms in total. The van der Waals surface area contributed by atoms with E-state index in [1.807, 2.05) is 0 Å². The van der Waals surface area contributed by atoms with E-state index < -0.39 is 17.6 Å². The summed E-state index contributed by atoms with van der Waals surface area (Å²) in [5, 5.41) is 14.2. The maximum absolute atomic E-state index is 12.6. The Hall–Kier alpha value is -2.94. The topological polar surface area (TPSA) is 75.1 Å². The van der Waals surface area contributed by atoms with Crippen molar-refractivity contribution in [2.45, 2.75) is 12.6 Å². The Balaban J connectivity index is 1.68. The average Bonchev–Trinajstić information content (AvgIpc) is 3.05. The van der Waals surface area contributed by atoms with Crippen LogP contribution in [0.15, 0.2) is 48.0 Å². The van der Waals surface area contributed by atoms with Crippen LogP contribution in [0.2, 0.25) is 0 Å². The van der Waals surface area contributed by atoms with E-state index in [0.717, 1.165) is 12.1 Å². The van der Waals surface area contributed by atoms with Crippen LogP contribution in [0.3, 0.4) is 0 Å². The van der Waals surface area contributed by atoms with Crippen molar-refractivity contribution < 1.29 is 23.1 Å². The van der Waals surface area contributed by atoms with Gasteiger partial charge in [-0.05, 0) is 24.3 Å². The van der Waals surface area contributed by atoms with Gasteiger partial charge >= 0.3 is 6.18 Å². The van der Waals surface area contributed by atoms with Crippen LogP contribution in [0.5, 0.6) is 5.75 Å². The van der Waals surface area contributed by atoms with Gasteiger partial charge in [0.05, 0.1) is 17.7 Å². The molecule has 0 unspecified atom stereocenters. The fourth-order valence-corrected chi connectivity index (χ4v) is 2.98. The highest BCUT2D eigenvalue weighted by Gasteiger charge is 2.30. The van der Waals surface area contributed by atoms with Crippen LogP contribution >= 0.6 is 11.3 Å². The van der Waals surface area contributed by atoms with Gasteiger partial charge in [-0.1, -0.05) is 12.1 Å². The number of carbonyl (C=O) groups is 1. The number of anilines is 1. The molecule has 134 valence electrons. The molecule has 0 radical (unpaired) electrons. The molecule has 1 aromatic carbocycles. The maximum Gasteiger partial charge on any atom is 0.416 e. The predicted molar refractivity (Wildman–Crippen MR) is 90.8 cm³/mol. The first-order valence-corrected chi connectivity index (χ1v) is 8.27. The summed E-state index contributed by atoms with van der Waals surface area (Å²) >= 11 is 1.23. The molecule has 0 saturated carbocycles. The number of halogens is 3. The van der Waals surface area contributed by atoms with Crippen molar-refractivity contribution in [2.24, 2.45) is 0 Å². The number of aromatic nitrogens is 2. The Morgan fingerprint density at radius 2 is 1.92 bits per heavy atom. The van der Waals surface area contributed by atoms with Crippen LogP contribution < -0.4 is 5.32 Å². The fraction of sp³-hybridized carbons (Fsp3) is 0.118. The number of amides is 1. The van der Waals surface area contributed by atoms with Gasteiger partial charge in [0.2, 0.25) is 5.91 Å². The highest BCUT2D eigenvalue weighted by atomic mass is 32.1. The summed E-state index contributed by atoms with van der Waals surface area (Å²) in [5.74, 6) is -0.511. The molecular weight excluding hydrogens is 367 g/mol. The van der Waals surface area contributed by atoms with E-state index in [0.29, 0.717) is 16.3 Å². The fourth-order valence-electron chi connectivity index (χ4n) is 2.16. The van der Waals surface area contributed by atoms with Gasteiger partial charge in [-0.25, -0.2) is 9.97 Å². The minimum Gasteiger partial charge on any atom is -0.504 e. The molecule has 0 aliphatic heterocycles. The van der Waals surface area contributed by atoms with Crippen LogP contribution in [0.25, 0.3) is 10.6 Å². The van der Waals surface area contributed by atoms with Crippen molar-refractivity contribution >= 4 is 23.1 Å². The number of benzene rings is 1. The van der Waals surface area contributed by atoms with E-state index in [-0.39, 0.29) is 18.0 Å². The molecule has 0 bridgehead atoms. The van der Waals surface area contributed by atoms with Crippen molar-refractivity contribution in [1.82, 2.24) is 9.97 Å². The first-order valence-electron chi connectivity index (χ1n) is 7.39. The van der Waals surface area contributed by atoms with Gasteiger partial charge in [0.1, 0.15) is 5.01 Å². The van der Waals surface area contributed by atoms with E-state index >= 15 is 0 Å². The summed E-state index contributed by atoms with van der Waals surface area (Å²) in [6.07, 6.45) is -3.00. The van der Waals surface area contributed by atoms with Crippen LogP contribution in [0.1, 0.15) is 11.3 Å². The molecule has 3 rings (SSSR count). The van der Waals surface area contributed by atoms with E-state index in [4.69, 9.17) is 0 Å². The summed E-state index contributed by atoms with van der Waals surface area (Å²) in [6.45, 7) is 0. The number of hydrogen-bond donors (Lipinski definition) is 2. The van der Waals surface area contributed by atoms with Crippen molar-refractivity contribution in [1.29, 1.82) is 0 Å². The molecule has 0 aliphatic carbocycles. The third-order valence-electron chi connectivity index (χ3n) is 3.40. The number of rotatable bonds is 4. The summed E-state index contributed by atoms with van der Waals surface area (Å²) in [6, 6.07) is 7.60. The summed E-state index contributed by atoms with van der Waals surface area (Å²) in [7, 11) is 0. The smallest absolute Gasteiger partial charge is 0.416 e. The van der Waals surface area contributed by atoms with Gasteiger partial charge in [0.15, 0.2) is 11.6 Å². The molecule has 2 heterocycles. The van der Waals surface area contributed by atoms with Crippen LogP contribution in [0.4, 0.5) is 19.0 Å². The lowest BCUT2D eigenvalue weighted by Gasteiger charge is -2.06. The van der Waals surface area contributed by atoms with Gasteiger partial charge < -0.3 is 10.4 Å². The second kappa shape index (κ2) is 7.12. The van der Waals surface area contributed by atoms with Crippen molar-refractivity contribution in [2.75, 3.05) is 5.32 Å². The molecule has 9 heteroatoms. The van der Waals surface area contributed by atoms with Crippen molar-refractivity contribution in [3.63, 3.8) is 0 Å². The van der Waals surface area contributed by atoms with Gasteiger partial charge in [0.25, 0.3) is 0 Å². The molecular formula is C17H12F3N3O2S. The molecule has 0 spiro atoms. The Morgan fingerprint density at radius 1 is 1.19 bits per heavy atom. The quantitative estimate of drug-likeness (QED) is 0.715. The normalized spacial score (nSPS) is 11.3. The van der Waals surface area contributed by atoms with E-state index in [1.54, 1.807) is 5.38 Å². The average molecular weight is 379 g/mol. The molecule has 2 N–H and O–H groups in total. The minimum absolute atomic E-state index is 0.0485. The second-order valence-electron chi connectivity index (χ2n) is 5.32. The second-order valence-corrected chi connectivity index (χ2v) is 6.17. The molecule has 0 saturated heterocycles. The molecule has 0 aliphatic rings. The third-order valence-corrected chi connectivity index (χ3v) is 4.34. The molecule has 3 aromatic rings. The highest BCUT2D eigenvalue weighted by molar-refractivity contribution is 7.13. The Morgan fingerprint density at radius 3 is 2.58 bits per heavy atom. The first kappa shape index (κ1) is 17.9. The highest BCUT2D eigenvalue weighted by Crippen LogP contribution is 2.31. The zero-order valence-electron chi connectivity index (χ0n) is 13.1. The van der Waals surface area contributed by atoms with Gasteiger partial charge in [-0.2, -0.15) is 13.2 Å². The van der Waals surface area contributed by atoms with Crippen LogP contribution in [-0.4, -0.2) is 21.0 Å². The lowest BCUT2D eigenvalue weighted by molar-refractivity contribution is -0.137. The zero-order chi connectivity index (χ0) is 18.7. The molecule has 2 aromatic heterocycles. The third kappa shape index (κ3) is 4.17. The standard InChI is InChI=1S/C17H12F3N3O2S/c18-17(19,20)11-5-3-10(4-6-11)16-22-12(9-26-16)8-14(25)23-15-13(24)2-1-7-21-15/h1-7,9,24H,8H2,(H,21,23,25).